The molecule has 3 N–H and O–H groups in total. The molecule has 0 aromatic rings. The van der Waals surface area contributed by atoms with Crippen molar-refractivity contribution < 1.29 is 4.74 Å². The van der Waals surface area contributed by atoms with Gasteiger partial charge in [0, 0.05) is 25.7 Å². The van der Waals surface area contributed by atoms with Gasteiger partial charge in [-0.25, -0.2) is 0 Å². The Hall–Kier alpha value is -0.380. The Kier molecular flexibility index (Phi) is 4.42. The van der Waals surface area contributed by atoms with Crippen molar-refractivity contribution in [2.45, 2.75) is 31.8 Å². The van der Waals surface area contributed by atoms with Crippen LogP contribution in [0.5, 0.6) is 0 Å². The molecule has 2 atom stereocenters. The number of nitrogens with one attached hydrogen (secondary N) is 1. The first-order valence-electron chi connectivity index (χ1n) is 4.87. The van der Waals surface area contributed by atoms with Crippen LogP contribution in [0.15, 0.2) is 11.6 Å². The largest absolute Gasteiger partial charge is 0.383 e. The van der Waals surface area contributed by atoms with Gasteiger partial charge in [-0.1, -0.05) is 11.6 Å². The first-order chi connectivity index (χ1) is 6.24. The summed E-state index contributed by atoms with van der Waals surface area (Å²) in [7, 11) is 1.72. The smallest absolute Gasteiger partial charge is 0.0587 e. The fourth-order valence-electron chi connectivity index (χ4n) is 1.65. The van der Waals surface area contributed by atoms with E-state index in [9.17, 15) is 0 Å². The average Bonchev–Trinajstić information content (AvgIpc) is 2.11. The third kappa shape index (κ3) is 3.46. The van der Waals surface area contributed by atoms with Crippen LogP contribution in [0.4, 0.5) is 0 Å². The lowest BCUT2D eigenvalue weighted by Crippen LogP contribution is -2.47. The molecule has 0 aromatic heterocycles. The van der Waals surface area contributed by atoms with Crippen molar-refractivity contribution in [1.29, 1.82) is 0 Å². The second kappa shape index (κ2) is 5.37. The highest BCUT2D eigenvalue weighted by atomic mass is 16.5. The summed E-state index contributed by atoms with van der Waals surface area (Å²) in [5.74, 6) is 0. The summed E-state index contributed by atoms with van der Waals surface area (Å²) in [6, 6.07) is 0.695. The Morgan fingerprint density at radius 1 is 1.69 bits per heavy atom. The maximum absolute atomic E-state index is 5.98. The van der Waals surface area contributed by atoms with Crippen LogP contribution < -0.4 is 11.1 Å². The van der Waals surface area contributed by atoms with Crippen molar-refractivity contribution in [3.05, 3.63) is 11.6 Å². The van der Waals surface area contributed by atoms with Crippen LogP contribution in [0.3, 0.4) is 0 Å². The topological polar surface area (TPSA) is 47.3 Å². The van der Waals surface area contributed by atoms with E-state index in [4.69, 9.17) is 10.5 Å². The molecular weight excluding hydrogens is 164 g/mol. The van der Waals surface area contributed by atoms with Crippen LogP contribution in [0.1, 0.15) is 19.8 Å². The van der Waals surface area contributed by atoms with E-state index in [1.807, 2.05) is 0 Å². The van der Waals surface area contributed by atoms with Gasteiger partial charge in [-0.15, -0.1) is 0 Å². The summed E-state index contributed by atoms with van der Waals surface area (Å²) in [4.78, 5) is 0. The van der Waals surface area contributed by atoms with Gasteiger partial charge in [0.1, 0.15) is 0 Å². The number of hydrogen-bond acceptors (Lipinski definition) is 3. The van der Waals surface area contributed by atoms with E-state index in [2.05, 4.69) is 18.3 Å². The van der Waals surface area contributed by atoms with E-state index in [1.54, 1.807) is 7.11 Å². The summed E-state index contributed by atoms with van der Waals surface area (Å²) in [5.41, 5.74) is 7.42. The second-order valence-corrected chi connectivity index (χ2v) is 3.71. The molecule has 0 bridgehead atoms. The maximum atomic E-state index is 5.98. The van der Waals surface area contributed by atoms with Crippen LogP contribution in [0.2, 0.25) is 0 Å². The van der Waals surface area contributed by atoms with Gasteiger partial charge >= 0.3 is 0 Å². The third-order valence-electron chi connectivity index (χ3n) is 2.51. The van der Waals surface area contributed by atoms with E-state index in [1.165, 1.54) is 5.57 Å². The predicted octanol–water partition coefficient (Wildman–Crippen LogP) is 0.658. The van der Waals surface area contributed by atoms with Crippen molar-refractivity contribution in [3.8, 4) is 0 Å². The molecule has 0 spiro atoms. The highest BCUT2D eigenvalue weighted by Crippen LogP contribution is 2.16. The number of methoxy groups -OCH3 is 1. The lowest BCUT2D eigenvalue weighted by atomic mass is 9.92. The number of hydrogen-bond donors (Lipinski definition) is 2. The molecule has 1 aliphatic carbocycles. The minimum Gasteiger partial charge on any atom is -0.383 e. The predicted molar refractivity (Wildman–Crippen MR) is 54.6 cm³/mol. The molecule has 0 heterocycles. The van der Waals surface area contributed by atoms with Gasteiger partial charge in [0.05, 0.1) is 6.61 Å². The standard InChI is InChI=1S/C10H20N2O/c1-8-3-4-9(11)10(7-8)12-5-6-13-2/h3,9-10,12H,4-7,11H2,1-2H3. The molecule has 76 valence electrons. The summed E-state index contributed by atoms with van der Waals surface area (Å²) in [6.07, 6.45) is 4.31. The maximum Gasteiger partial charge on any atom is 0.0587 e. The van der Waals surface area contributed by atoms with Gasteiger partial charge in [0.2, 0.25) is 0 Å². The molecule has 0 aromatic carbocycles. The highest BCUT2D eigenvalue weighted by Gasteiger charge is 2.20. The quantitative estimate of drug-likeness (QED) is 0.498. The van der Waals surface area contributed by atoms with Crippen LogP contribution >= 0.6 is 0 Å². The third-order valence-corrected chi connectivity index (χ3v) is 2.51. The minimum absolute atomic E-state index is 0.264. The zero-order valence-corrected chi connectivity index (χ0v) is 8.55. The Balaban J connectivity index is 2.28. The van der Waals surface area contributed by atoms with Gasteiger partial charge in [0.25, 0.3) is 0 Å². The first kappa shape index (κ1) is 10.7. The molecule has 13 heavy (non-hydrogen) atoms. The summed E-state index contributed by atoms with van der Waals surface area (Å²) in [5, 5.41) is 3.41. The zero-order valence-electron chi connectivity index (χ0n) is 8.55. The Bertz CT molecular complexity index is 180. The number of ether oxygens (including phenoxy) is 1. The Labute approximate surface area is 80.3 Å². The van der Waals surface area contributed by atoms with Crippen molar-refractivity contribution in [1.82, 2.24) is 5.32 Å². The minimum atomic E-state index is 0.264. The van der Waals surface area contributed by atoms with Crippen molar-refractivity contribution in [2.24, 2.45) is 5.73 Å². The molecule has 2 unspecified atom stereocenters. The van der Waals surface area contributed by atoms with Gasteiger partial charge in [-0.05, 0) is 19.8 Å². The van der Waals surface area contributed by atoms with E-state index >= 15 is 0 Å². The lowest BCUT2D eigenvalue weighted by Gasteiger charge is -2.28. The van der Waals surface area contributed by atoms with Crippen LogP contribution in [0, 0.1) is 0 Å². The molecule has 0 radical (unpaired) electrons. The molecule has 3 heteroatoms. The van der Waals surface area contributed by atoms with Gasteiger partial charge < -0.3 is 15.8 Å². The summed E-state index contributed by atoms with van der Waals surface area (Å²) >= 11 is 0. The van der Waals surface area contributed by atoms with Crippen LogP contribution in [-0.2, 0) is 4.74 Å². The van der Waals surface area contributed by atoms with Crippen molar-refractivity contribution in [2.75, 3.05) is 20.3 Å². The molecule has 0 amide bonds. The van der Waals surface area contributed by atoms with Gasteiger partial charge in [-0.3, -0.25) is 0 Å². The molecule has 3 nitrogen and oxygen atoms in total. The number of rotatable bonds is 4. The molecular formula is C10H20N2O. The summed E-state index contributed by atoms with van der Waals surface area (Å²) in [6.45, 7) is 3.81. The van der Waals surface area contributed by atoms with Crippen LogP contribution in [0.25, 0.3) is 0 Å². The Morgan fingerprint density at radius 2 is 2.46 bits per heavy atom. The molecule has 1 aliphatic rings. The van der Waals surface area contributed by atoms with Crippen molar-refractivity contribution >= 4 is 0 Å². The van der Waals surface area contributed by atoms with Crippen molar-refractivity contribution in [3.63, 3.8) is 0 Å². The normalized spacial score (nSPS) is 28.7. The van der Waals surface area contributed by atoms with E-state index in [-0.39, 0.29) is 6.04 Å². The fraction of sp³-hybridized carbons (Fsp3) is 0.800. The van der Waals surface area contributed by atoms with Gasteiger partial charge in [0.15, 0.2) is 0 Å². The molecule has 0 saturated heterocycles. The van der Waals surface area contributed by atoms with E-state index < -0.39 is 0 Å². The average molecular weight is 184 g/mol. The van der Waals surface area contributed by atoms with Gasteiger partial charge in [-0.2, -0.15) is 0 Å². The SMILES string of the molecule is COCCNC1CC(C)=CCC1N. The fourth-order valence-corrected chi connectivity index (χ4v) is 1.65. The monoisotopic (exact) mass is 184 g/mol. The molecule has 1 rings (SSSR count). The molecule has 0 fully saturated rings. The Morgan fingerprint density at radius 3 is 3.15 bits per heavy atom. The highest BCUT2D eigenvalue weighted by molar-refractivity contribution is 5.09. The zero-order chi connectivity index (χ0) is 9.68. The molecule has 0 saturated carbocycles. The van der Waals surface area contributed by atoms with E-state index in [0.717, 1.165) is 26.0 Å². The summed E-state index contributed by atoms with van der Waals surface area (Å²) < 4.78 is 4.98. The second-order valence-electron chi connectivity index (χ2n) is 3.71. The molecule has 0 aliphatic heterocycles. The van der Waals surface area contributed by atoms with E-state index in [0.29, 0.717) is 6.04 Å². The number of nitrogens with two attached hydrogens (primary N) is 1. The lowest BCUT2D eigenvalue weighted by molar-refractivity contribution is 0.193. The first-order valence-corrected chi connectivity index (χ1v) is 4.87. The van der Waals surface area contributed by atoms with Crippen LogP contribution in [-0.4, -0.2) is 32.3 Å².